The summed E-state index contributed by atoms with van der Waals surface area (Å²) in [5.41, 5.74) is -0.0840. The summed E-state index contributed by atoms with van der Waals surface area (Å²) in [4.78, 5) is 26.4. The Balaban J connectivity index is 2.03. The van der Waals surface area contributed by atoms with Crippen molar-refractivity contribution in [1.82, 2.24) is 4.98 Å². The third kappa shape index (κ3) is 2.03. The van der Waals surface area contributed by atoms with Crippen LogP contribution in [0.15, 0.2) is 30.5 Å². The molecule has 3 rings (SSSR count). The smallest absolute Gasteiger partial charge is 0.279 e. The number of hydrogen-bond acceptors (Lipinski definition) is 5. The van der Waals surface area contributed by atoms with Gasteiger partial charge in [0.05, 0.1) is 15.7 Å². The highest BCUT2D eigenvalue weighted by Crippen LogP contribution is 2.41. The molecule has 0 aliphatic heterocycles. The predicted octanol–water partition coefficient (Wildman–Crippen LogP) is 2.89. The molecule has 0 bridgehead atoms. The quantitative estimate of drug-likeness (QED) is 0.640. The van der Waals surface area contributed by atoms with Gasteiger partial charge in [0.1, 0.15) is 23.2 Å². The molecule has 1 unspecified atom stereocenters. The topological polar surface area (TPSA) is 82.3 Å². The maximum absolute atomic E-state index is 11.6. The van der Waals surface area contributed by atoms with Gasteiger partial charge in [-0.3, -0.25) is 19.9 Å². The second-order valence-electron chi connectivity index (χ2n) is 5.69. The molecular formula is C15H14N2O4. The van der Waals surface area contributed by atoms with Gasteiger partial charge in [-0.05, 0) is 32.0 Å². The molecule has 1 fully saturated rings. The molecule has 0 amide bonds. The second kappa shape index (κ2) is 4.51. The highest BCUT2D eigenvalue weighted by Gasteiger charge is 2.49. The van der Waals surface area contributed by atoms with E-state index in [-0.39, 0.29) is 17.6 Å². The fourth-order valence-electron chi connectivity index (χ4n) is 2.46. The Morgan fingerprint density at radius 2 is 2.14 bits per heavy atom. The van der Waals surface area contributed by atoms with Crippen molar-refractivity contribution < 1.29 is 14.5 Å². The van der Waals surface area contributed by atoms with Crippen molar-refractivity contribution >= 4 is 22.4 Å². The van der Waals surface area contributed by atoms with Crippen LogP contribution in [0.5, 0.6) is 5.75 Å². The summed E-state index contributed by atoms with van der Waals surface area (Å²) in [5.74, 6) is 0.633. The maximum Gasteiger partial charge on any atom is 0.279 e. The molecular weight excluding hydrogens is 272 g/mol. The maximum atomic E-state index is 11.6. The van der Waals surface area contributed by atoms with Crippen molar-refractivity contribution in [3.8, 4) is 5.75 Å². The first kappa shape index (κ1) is 13.5. The van der Waals surface area contributed by atoms with Crippen LogP contribution in [0.4, 0.5) is 5.69 Å². The van der Waals surface area contributed by atoms with E-state index >= 15 is 0 Å². The predicted molar refractivity (Wildman–Crippen MR) is 76.2 cm³/mol. The number of nitrogens with zero attached hydrogens (tertiary/aromatic N) is 2. The number of hydrogen-bond donors (Lipinski definition) is 0. The number of nitro groups is 1. The van der Waals surface area contributed by atoms with Crippen LogP contribution in [-0.2, 0) is 4.79 Å². The largest absolute Gasteiger partial charge is 0.487 e. The van der Waals surface area contributed by atoms with Gasteiger partial charge in [-0.25, -0.2) is 0 Å². The van der Waals surface area contributed by atoms with E-state index in [1.165, 1.54) is 6.07 Å². The zero-order valence-electron chi connectivity index (χ0n) is 11.7. The minimum absolute atomic E-state index is 0.00519. The molecule has 0 N–H and O–H groups in total. The summed E-state index contributed by atoms with van der Waals surface area (Å²) in [6, 6.07) is 6.25. The van der Waals surface area contributed by atoms with E-state index in [0.29, 0.717) is 23.1 Å². The van der Waals surface area contributed by atoms with Crippen molar-refractivity contribution in [2.45, 2.75) is 26.4 Å². The first-order chi connectivity index (χ1) is 9.91. The van der Waals surface area contributed by atoms with Crippen LogP contribution in [0.1, 0.15) is 20.3 Å². The Morgan fingerprint density at radius 1 is 1.38 bits per heavy atom. The first-order valence-electron chi connectivity index (χ1n) is 6.63. The molecule has 1 atom stereocenters. The Labute approximate surface area is 120 Å². The van der Waals surface area contributed by atoms with Crippen LogP contribution in [0.25, 0.3) is 10.9 Å². The summed E-state index contributed by atoms with van der Waals surface area (Å²) >= 11 is 0. The lowest BCUT2D eigenvalue weighted by atomic mass is 9.68. The Morgan fingerprint density at radius 3 is 2.76 bits per heavy atom. The number of benzene rings is 1. The van der Waals surface area contributed by atoms with Gasteiger partial charge >= 0.3 is 0 Å². The van der Waals surface area contributed by atoms with E-state index in [1.807, 2.05) is 13.8 Å². The number of ketones is 1. The van der Waals surface area contributed by atoms with E-state index < -0.39 is 10.3 Å². The van der Waals surface area contributed by atoms with Crippen LogP contribution in [0, 0.1) is 15.5 Å². The lowest BCUT2D eigenvalue weighted by molar-refractivity contribution is -0.383. The number of carbonyl (C=O) groups excluding carboxylic acids is 1. The molecule has 0 radical (unpaired) electrons. The van der Waals surface area contributed by atoms with Crippen molar-refractivity contribution in [3.63, 3.8) is 0 Å². The van der Waals surface area contributed by atoms with Gasteiger partial charge in [-0.2, -0.15) is 0 Å². The molecule has 21 heavy (non-hydrogen) atoms. The number of ether oxygens (including phenoxy) is 1. The zero-order valence-corrected chi connectivity index (χ0v) is 11.7. The van der Waals surface area contributed by atoms with Crippen molar-refractivity contribution in [2.75, 3.05) is 0 Å². The SMILES string of the molecule is CC1(C)C(=O)CC1Oc1ccc([N+](=O)[O-])c2cccnc12. The van der Waals surface area contributed by atoms with Gasteiger partial charge in [-0.1, -0.05) is 0 Å². The highest BCUT2D eigenvalue weighted by molar-refractivity contribution is 5.93. The summed E-state index contributed by atoms with van der Waals surface area (Å²) in [6.07, 6.45) is 1.70. The molecule has 1 aliphatic carbocycles. The number of Topliss-reactive ketones (excluding diaryl/α,β-unsaturated/α-hetero) is 1. The lowest BCUT2D eigenvalue weighted by Gasteiger charge is -2.41. The first-order valence-corrected chi connectivity index (χ1v) is 6.63. The molecule has 6 heteroatoms. The average Bonchev–Trinajstić information content (AvgIpc) is 2.46. The zero-order chi connectivity index (χ0) is 15.2. The van der Waals surface area contributed by atoms with E-state index in [2.05, 4.69) is 4.98 Å². The van der Waals surface area contributed by atoms with Crippen LogP contribution < -0.4 is 4.74 Å². The molecule has 108 valence electrons. The number of nitro benzene ring substituents is 1. The highest BCUT2D eigenvalue weighted by atomic mass is 16.6. The molecule has 2 aromatic rings. The van der Waals surface area contributed by atoms with E-state index in [9.17, 15) is 14.9 Å². The Bertz CT molecular complexity index is 754. The van der Waals surface area contributed by atoms with Gasteiger partial charge in [0.2, 0.25) is 0 Å². The average molecular weight is 286 g/mol. The van der Waals surface area contributed by atoms with Crippen molar-refractivity contribution in [1.29, 1.82) is 0 Å². The van der Waals surface area contributed by atoms with Crippen LogP contribution in [0.2, 0.25) is 0 Å². The number of fused-ring (bicyclic) bond motifs is 1. The minimum atomic E-state index is -0.525. The van der Waals surface area contributed by atoms with E-state index in [4.69, 9.17) is 4.74 Å². The molecule has 1 aliphatic rings. The molecule has 0 saturated heterocycles. The second-order valence-corrected chi connectivity index (χ2v) is 5.69. The number of carbonyl (C=O) groups is 1. The molecule has 1 aromatic heterocycles. The van der Waals surface area contributed by atoms with Crippen molar-refractivity contribution in [3.05, 3.63) is 40.6 Å². The number of pyridine rings is 1. The fraction of sp³-hybridized carbons (Fsp3) is 0.333. The number of rotatable bonds is 3. The third-order valence-electron chi connectivity index (χ3n) is 4.07. The molecule has 1 heterocycles. The van der Waals surface area contributed by atoms with Crippen LogP contribution in [-0.4, -0.2) is 21.8 Å². The van der Waals surface area contributed by atoms with Gasteiger partial charge in [-0.15, -0.1) is 0 Å². The Kier molecular flexibility index (Phi) is 2.90. The summed E-state index contributed by atoms with van der Waals surface area (Å²) in [6.45, 7) is 3.68. The van der Waals surface area contributed by atoms with Crippen LogP contribution in [0.3, 0.4) is 0 Å². The van der Waals surface area contributed by atoms with Crippen LogP contribution >= 0.6 is 0 Å². The number of non-ortho nitro benzene ring substituents is 1. The Hall–Kier alpha value is -2.50. The standard InChI is InChI=1S/C15H14N2O4/c1-15(2)12(18)8-13(15)21-11-6-5-10(17(19)20)9-4-3-7-16-14(9)11/h3-7,13H,8H2,1-2H3. The van der Waals surface area contributed by atoms with Gasteiger partial charge < -0.3 is 4.74 Å². The molecule has 6 nitrogen and oxygen atoms in total. The lowest BCUT2D eigenvalue weighted by Crippen LogP contribution is -2.53. The van der Waals surface area contributed by atoms with E-state index in [0.717, 1.165) is 0 Å². The molecule has 1 saturated carbocycles. The minimum Gasteiger partial charge on any atom is -0.487 e. The third-order valence-corrected chi connectivity index (χ3v) is 4.07. The number of aromatic nitrogens is 1. The normalized spacial score (nSPS) is 20.1. The van der Waals surface area contributed by atoms with E-state index in [1.54, 1.807) is 24.4 Å². The van der Waals surface area contributed by atoms with Crippen molar-refractivity contribution in [2.24, 2.45) is 5.41 Å². The fourth-order valence-corrected chi connectivity index (χ4v) is 2.46. The monoisotopic (exact) mass is 286 g/mol. The summed E-state index contributed by atoms with van der Waals surface area (Å²) in [7, 11) is 0. The molecule has 1 aromatic carbocycles. The van der Waals surface area contributed by atoms with Gasteiger partial charge in [0.15, 0.2) is 0 Å². The summed E-state index contributed by atoms with van der Waals surface area (Å²) in [5, 5.41) is 11.5. The molecule has 0 spiro atoms. The summed E-state index contributed by atoms with van der Waals surface area (Å²) < 4.78 is 5.88. The van der Waals surface area contributed by atoms with Gasteiger partial charge in [0, 0.05) is 18.7 Å². The van der Waals surface area contributed by atoms with Gasteiger partial charge in [0.25, 0.3) is 5.69 Å².